The summed E-state index contributed by atoms with van der Waals surface area (Å²) in [6.45, 7) is 10.4. The lowest BCUT2D eigenvalue weighted by molar-refractivity contribution is -0.0456. The van der Waals surface area contributed by atoms with Crippen LogP contribution in [-0.4, -0.2) is 37.2 Å². The van der Waals surface area contributed by atoms with Crippen LogP contribution in [-0.2, 0) is 4.74 Å². The molecule has 3 N–H and O–H groups in total. The minimum atomic E-state index is 0.0468. The molecule has 1 aromatic rings. The fourth-order valence-electron chi connectivity index (χ4n) is 2.73. The fourth-order valence-corrected chi connectivity index (χ4v) is 2.73. The summed E-state index contributed by atoms with van der Waals surface area (Å²) in [4.78, 5) is 2.40. The summed E-state index contributed by atoms with van der Waals surface area (Å²) in [5, 5.41) is 0. The van der Waals surface area contributed by atoms with Crippen LogP contribution in [0.4, 0.5) is 0 Å². The average molecular weight is 277 g/mol. The second-order valence-corrected chi connectivity index (χ2v) is 5.77. The molecule has 0 bridgehead atoms. The lowest BCUT2D eigenvalue weighted by Gasteiger charge is -2.36. The number of likely N-dealkylation sites (N-methyl/N-ethyl adjacent to an activating group) is 1. The molecule has 0 aromatic heterocycles. The standard InChI is InChI=1S/C16H27N3O/c1-4-19-9-10-20-15(11-19)16(18-17)14-7-5-13(6-8-14)12(2)3/h5-8,12,15-16,18H,4,9-11,17H2,1-3H3. The smallest absolute Gasteiger partial charge is 0.0909 e. The molecule has 1 aliphatic rings. The molecule has 0 saturated carbocycles. The third-order valence-electron chi connectivity index (χ3n) is 4.14. The molecule has 112 valence electrons. The van der Waals surface area contributed by atoms with E-state index in [0.29, 0.717) is 5.92 Å². The number of rotatable bonds is 5. The molecular formula is C16H27N3O. The topological polar surface area (TPSA) is 50.5 Å². The van der Waals surface area contributed by atoms with Crippen LogP contribution >= 0.6 is 0 Å². The molecule has 4 heteroatoms. The molecule has 2 atom stereocenters. The Hall–Kier alpha value is -0.940. The highest BCUT2D eigenvalue weighted by molar-refractivity contribution is 5.27. The maximum absolute atomic E-state index is 5.91. The van der Waals surface area contributed by atoms with E-state index in [1.54, 1.807) is 0 Å². The van der Waals surface area contributed by atoms with Crippen molar-refractivity contribution in [2.75, 3.05) is 26.2 Å². The molecule has 0 amide bonds. The number of benzene rings is 1. The van der Waals surface area contributed by atoms with Gasteiger partial charge in [0.25, 0.3) is 0 Å². The van der Waals surface area contributed by atoms with Crippen LogP contribution in [0.3, 0.4) is 0 Å². The Morgan fingerprint density at radius 1 is 1.30 bits per heavy atom. The Balaban J connectivity index is 2.10. The number of ether oxygens (including phenoxy) is 1. The number of nitrogens with one attached hydrogen (secondary N) is 1. The highest BCUT2D eigenvalue weighted by Crippen LogP contribution is 2.24. The molecule has 1 aromatic carbocycles. The van der Waals surface area contributed by atoms with Gasteiger partial charge >= 0.3 is 0 Å². The van der Waals surface area contributed by atoms with Gasteiger partial charge in [-0.1, -0.05) is 45.0 Å². The van der Waals surface area contributed by atoms with Gasteiger partial charge in [0, 0.05) is 13.1 Å². The number of morpholine rings is 1. The molecule has 1 heterocycles. The molecule has 2 unspecified atom stereocenters. The molecular weight excluding hydrogens is 250 g/mol. The molecule has 2 rings (SSSR count). The summed E-state index contributed by atoms with van der Waals surface area (Å²) in [7, 11) is 0. The van der Waals surface area contributed by atoms with Crippen molar-refractivity contribution in [2.24, 2.45) is 5.84 Å². The molecule has 1 saturated heterocycles. The van der Waals surface area contributed by atoms with Crippen molar-refractivity contribution in [3.8, 4) is 0 Å². The quantitative estimate of drug-likeness (QED) is 0.639. The van der Waals surface area contributed by atoms with Gasteiger partial charge in [-0.05, 0) is 23.6 Å². The van der Waals surface area contributed by atoms with Crippen LogP contribution in [0.1, 0.15) is 43.9 Å². The monoisotopic (exact) mass is 277 g/mol. The summed E-state index contributed by atoms with van der Waals surface area (Å²) in [6.07, 6.45) is 0.110. The number of hydrogen-bond acceptors (Lipinski definition) is 4. The molecule has 0 aliphatic carbocycles. The van der Waals surface area contributed by atoms with Crippen molar-refractivity contribution in [3.63, 3.8) is 0 Å². The van der Waals surface area contributed by atoms with E-state index in [1.807, 2.05) is 0 Å². The van der Waals surface area contributed by atoms with Crippen molar-refractivity contribution in [3.05, 3.63) is 35.4 Å². The predicted octanol–water partition coefficient (Wildman–Crippen LogP) is 2.04. The summed E-state index contributed by atoms with van der Waals surface area (Å²) in [6, 6.07) is 8.74. The maximum Gasteiger partial charge on any atom is 0.0909 e. The average Bonchev–Trinajstić information content (AvgIpc) is 2.49. The Labute approximate surface area is 122 Å². The van der Waals surface area contributed by atoms with Crippen molar-refractivity contribution in [1.82, 2.24) is 10.3 Å². The first-order chi connectivity index (χ1) is 9.65. The van der Waals surface area contributed by atoms with Gasteiger partial charge in [-0.2, -0.15) is 0 Å². The molecule has 4 nitrogen and oxygen atoms in total. The molecule has 0 spiro atoms. The summed E-state index contributed by atoms with van der Waals surface area (Å²) < 4.78 is 5.91. The van der Waals surface area contributed by atoms with Crippen LogP contribution in [0, 0.1) is 0 Å². The molecule has 20 heavy (non-hydrogen) atoms. The van der Waals surface area contributed by atoms with Gasteiger partial charge in [0.15, 0.2) is 0 Å². The van der Waals surface area contributed by atoms with Crippen LogP contribution < -0.4 is 11.3 Å². The van der Waals surface area contributed by atoms with Gasteiger partial charge in [-0.15, -0.1) is 0 Å². The number of hydrogen-bond donors (Lipinski definition) is 2. The van der Waals surface area contributed by atoms with Crippen molar-refractivity contribution in [2.45, 2.75) is 38.8 Å². The van der Waals surface area contributed by atoms with Crippen LogP contribution in [0.5, 0.6) is 0 Å². The summed E-state index contributed by atoms with van der Waals surface area (Å²) in [5.74, 6) is 6.32. The Morgan fingerprint density at radius 2 is 1.95 bits per heavy atom. The van der Waals surface area contributed by atoms with Crippen LogP contribution in [0.2, 0.25) is 0 Å². The van der Waals surface area contributed by atoms with E-state index in [9.17, 15) is 0 Å². The van der Waals surface area contributed by atoms with Crippen LogP contribution in [0.15, 0.2) is 24.3 Å². The minimum absolute atomic E-state index is 0.0468. The van der Waals surface area contributed by atoms with Gasteiger partial charge in [-0.25, -0.2) is 0 Å². The molecule has 1 aliphatic heterocycles. The second kappa shape index (κ2) is 7.18. The van der Waals surface area contributed by atoms with E-state index in [2.05, 4.69) is 55.4 Å². The Kier molecular flexibility index (Phi) is 5.54. The number of hydrazine groups is 1. The zero-order valence-electron chi connectivity index (χ0n) is 12.8. The maximum atomic E-state index is 5.91. The predicted molar refractivity (Wildman–Crippen MR) is 82.4 cm³/mol. The van der Waals surface area contributed by atoms with Gasteiger partial charge in [-0.3, -0.25) is 16.2 Å². The van der Waals surface area contributed by atoms with Crippen molar-refractivity contribution < 1.29 is 4.74 Å². The first kappa shape index (κ1) is 15.4. The largest absolute Gasteiger partial charge is 0.374 e. The van der Waals surface area contributed by atoms with E-state index in [1.165, 1.54) is 11.1 Å². The third-order valence-corrected chi connectivity index (χ3v) is 4.14. The second-order valence-electron chi connectivity index (χ2n) is 5.77. The number of nitrogens with two attached hydrogens (primary N) is 1. The SMILES string of the molecule is CCN1CCOC(C(NN)c2ccc(C(C)C)cc2)C1. The van der Waals surface area contributed by atoms with Crippen LogP contribution in [0.25, 0.3) is 0 Å². The minimum Gasteiger partial charge on any atom is -0.374 e. The molecule has 1 fully saturated rings. The highest BCUT2D eigenvalue weighted by Gasteiger charge is 2.28. The first-order valence-electron chi connectivity index (χ1n) is 7.55. The highest BCUT2D eigenvalue weighted by atomic mass is 16.5. The summed E-state index contributed by atoms with van der Waals surface area (Å²) in [5.41, 5.74) is 5.48. The van der Waals surface area contributed by atoms with Gasteiger partial charge < -0.3 is 4.74 Å². The van der Waals surface area contributed by atoms with Gasteiger partial charge in [0.2, 0.25) is 0 Å². The Morgan fingerprint density at radius 3 is 2.50 bits per heavy atom. The number of nitrogens with zero attached hydrogens (tertiary/aromatic N) is 1. The van der Waals surface area contributed by atoms with Gasteiger partial charge in [0.1, 0.15) is 0 Å². The first-order valence-corrected chi connectivity index (χ1v) is 7.55. The van der Waals surface area contributed by atoms with E-state index in [0.717, 1.165) is 26.2 Å². The van der Waals surface area contributed by atoms with E-state index >= 15 is 0 Å². The third kappa shape index (κ3) is 3.58. The lowest BCUT2D eigenvalue weighted by Crippen LogP contribution is -2.49. The molecule has 0 radical (unpaired) electrons. The normalized spacial score (nSPS) is 22.1. The summed E-state index contributed by atoms with van der Waals surface area (Å²) >= 11 is 0. The lowest BCUT2D eigenvalue weighted by atomic mass is 9.96. The van der Waals surface area contributed by atoms with Gasteiger partial charge in [0.05, 0.1) is 18.8 Å². The van der Waals surface area contributed by atoms with E-state index in [-0.39, 0.29) is 12.1 Å². The Bertz CT molecular complexity index is 405. The zero-order valence-corrected chi connectivity index (χ0v) is 12.8. The van der Waals surface area contributed by atoms with E-state index in [4.69, 9.17) is 10.6 Å². The van der Waals surface area contributed by atoms with Crippen molar-refractivity contribution >= 4 is 0 Å². The fraction of sp³-hybridized carbons (Fsp3) is 0.625. The van der Waals surface area contributed by atoms with E-state index < -0.39 is 0 Å². The van der Waals surface area contributed by atoms with Crippen molar-refractivity contribution in [1.29, 1.82) is 0 Å². The zero-order chi connectivity index (χ0) is 14.5.